The molecule has 0 heterocycles. The van der Waals surface area contributed by atoms with Gasteiger partial charge in [-0.05, 0) is 6.92 Å². The molecule has 0 radical (unpaired) electrons. The second kappa shape index (κ2) is 6.64. The maximum atomic E-state index is 10.7. The molecular formula is C7H18N4O2. The maximum absolute atomic E-state index is 10.7. The maximum Gasteiger partial charge on any atom is 0.421 e. The molecule has 78 valence electrons. The molecule has 0 aromatic heterocycles. The van der Waals surface area contributed by atoms with Crippen LogP contribution in [-0.2, 0) is 0 Å². The van der Waals surface area contributed by atoms with Gasteiger partial charge in [0.05, 0.1) is 0 Å². The van der Waals surface area contributed by atoms with Crippen molar-refractivity contribution in [3.63, 3.8) is 0 Å². The summed E-state index contributed by atoms with van der Waals surface area (Å²) >= 11 is 0. The zero-order valence-corrected chi connectivity index (χ0v) is 7.94. The first-order valence-corrected chi connectivity index (χ1v) is 4.32. The highest BCUT2D eigenvalue weighted by Gasteiger charge is 2.16. The molecule has 0 saturated carbocycles. The van der Waals surface area contributed by atoms with Crippen molar-refractivity contribution in [2.75, 3.05) is 32.7 Å². The third-order valence-electron chi connectivity index (χ3n) is 1.64. The van der Waals surface area contributed by atoms with E-state index < -0.39 is 6.09 Å². The highest BCUT2D eigenvalue weighted by molar-refractivity contribution is 5.64. The first-order chi connectivity index (χ1) is 6.17. The zero-order valence-electron chi connectivity index (χ0n) is 7.94. The van der Waals surface area contributed by atoms with E-state index in [0.29, 0.717) is 32.7 Å². The molecule has 0 rings (SSSR count). The minimum Gasteiger partial charge on any atom is -0.464 e. The molecule has 0 aromatic carbocycles. The van der Waals surface area contributed by atoms with Crippen LogP contribution < -0.4 is 11.5 Å². The van der Waals surface area contributed by atoms with Crippen molar-refractivity contribution in [1.29, 1.82) is 0 Å². The van der Waals surface area contributed by atoms with Crippen LogP contribution >= 0.6 is 0 Å². The van der Waals surface area contributed by atoms with Gasteiger partial charge in [0.2, 0.25) is 0 Å². The Balaban J connectivity index is 4.20. The Kier molecular flexibility index (Phi) is 6.21. The van der Waals surface area contributed by atoms with Crippen molar-refractivity contribution in [2.24, 2.45) is 11.5 Å². The number of nitrogens with zero attached hydrogens (tertiary/aromatic N) is 2. The Morgan fingerprint density at radius 2 is 1.77 bits per heavy atom. The van der Waals surface area contributed by atoms with Gasteiger partial charge in [-0.2, -0.15) is 0 Å². The number of rotatable bonds is 6. The monoisotopic (exact) mass is 190 g/mol. The van der Waals surface area contributed by atoms with E-state index in [1.165, 1.54) is 5.01 Å². The summed E-state index contributed by atoms with van der Waals surface area (Å²) in [7, 11) is 0. The van der Waals surface area contributed by atoms with E-state index in [4.69, 9.17) is 16.6 Å². The summed E-state index contributed by atoms with van der Waals surface area (Å²) < 4.78 is 0. The molecule has 6 heteroatoms. The molecule has 0 aliphatic heterocycles. The van der Waals surface area contributed by atoms with Crippen molar-refractivity contribution in [3.05, 3.63) is 0 Å². The predicted molar refractivity (Wildman–Crippen MR) is 50.1 cm³/mol. The lowest BCUT2D eigenvalue weighted by atomic mass is 10.5. The number of hydrogen-bond acceptors (Lipinski definition) is 4. The number of hydrogen-bond donors (Lipinski definition) is 3. The number of hydrazine groups is 1. The van der Waals surface area contributed by atoms with Crippen molar-refractivity contribution in [1.82, 2.24) is 10.0 Å². The Morgan fingerprint density at radius 3 is 2.00 bits per heavy atom. The molecule has 0 fully saturated rings. The van der Waals surface area contributed by atoms with Crippen molar-refractivity contribution >= 4 is 6.09 Å². The van der Waals surface area contributed by atoms with Crippen LogP contribution in [0.4, 0.5) is 4.79 Å². The third-order valence-corrected chi connectivity index (χ3v) is 1.64. The minimum atomic E-state index is -0.968. The lowest BCUT2D eigenvalue weighted by Crippen LogP contribution is -2.49. The predicted octanol–water partition coefficient (Wildman–Crippen LogP) is -0.879. The van der Waals surface area contributed by atoms with Gasteiger partial charge in [0.1, 0.15) is 0 Å². The van der Waals surface area contributed by atoms with Crippen molar-refractivity contribution in [2.45, 2.75) is 6.92 Å². The molecule has 0 saturated heterocycles. The van der Waals surface area contributed by atoms with Crippen LogP contribution in [0.3, 0.4) is 0 Å². The van der Waals surface area contributed by atoms with Crippen molar-refractivity contribution in [3.8, 4) is 0 Å². The number of nitrogens with two attached hydrogens (primary N) is 2. The van der Waals surface area contributed by atoms with Crippen molar-refractivity contribution < 1.29 is 9.90 Å². The van der Waals surface area contributed by atoms with E-state index in [9.17, 15) is 4.79 Å². The van der Waals surface area contributed by atoms with E-state index in [0.717, 1.165) is 0 Å². The lowest BCUT2D eigenvalue weighted by molar-refractivity contribution is -0.000934. The summed E-state index contributed by atoms with van der Waals surface area (Å²) in [6, 6.07) is 0. The summed E-state index contributed by atoms with van der Waals surface area (Å²) in [5, 5.41) is 11.7. The molecule has 0 bridgehead atoms. The fourth-order valence-corrected chi connectivity index (χ4v) is 1.11. The Morgan fingerprint density at radius 1 is 1.31 bits per heavy atom. The molecular weight excluding hydrogens is 172 g/mol. The smallest absolute Gasteiger partial charge is 0.421 e. The number of amides is 1. The van der Waals surface area contributed by atoms with E-state index in [1.54, 1.807) is 11.9 Å². The average Bonchev–Trinajstić information content (AvgIpc) is 2.05. The first kappa shape index (κ1) is 12.2. The quantitative estimate of drug-likeness (QED) is 0.473. The van der Waals surface area contributed by atoms with Gasteiger partial charge in [0.15, 0.2) is 0 Å². The molecule has 5 N–H and O–H groups in total. The van der Waals surface area contributed by atoms with Gasteiger partial charge in [-0.3, -0.25) is 0 Å². The largest absolute Gasteiger partial charge is 0.464 e. The second-order valence-electron chi connectivity index (χ2n) is 2.53. The molecule has 0 aromatic rings. The topological polar surface area (TPSA) is 95.8 Å². The van der Waals surface area contributed by atoms with Crippen LogP contribution in [0.25, 0.3) is 0 Å². The SMILES string of the molecule is CCN(C(=O)O)N(CCN)CCN. The minimum absolute atomic E-state index is 0.412. The van der Waals surface area contributed by atoms with Crippen LogP contribution in [0.15, 0.2) is 0 Å². The van der Waals surface area contributed by atoms with Gasteiger partial charge in [-0.1, -0.05) is 0 Å². The standard InChI is InChI=1S/C7H18N4O2/c1-2-11(7(12)13)10(5-3-8)6-4-9/h2-6,8-9H2,1H3,(H,12,13). The van der Waals surface area contributed by atoms with Crippen LogP contribution in [-0.4, -0.2) is 53.9 Å². The van der Waals surface area contributed by atoms with Crippen LogP contribution in [0.1, 0.15) is 6.92 Å². The summed E-state index contributed by atoms with van der Waals surface area (Å²) in [4.78, 5) is 10.7. The van der Waals surface area contributed by atoms with Gasteiger partial charge in [-0.25, -0.2) is 14.8 Å². The molecule has 0 atom stereocenters. The Labute approximate surface area is 78.1 Å². The van der Waals surface area contributed by atoms with E-state index in [-0.39, 0.29) is 0 Å². The molecule has 13 heavy (non-hydrogen) atoms. The Hall–Kier alpha value is -0.850. The molecule has 0 aliphatic rings. The van der Waals surface area contributed by atoms with Gasteiger partial charge < -0.3 is 16.6 Å². The van der Waals surface area contributed by atoms with E-state index in [1.807, 2.05) is 0 Å². The summed E-state index contributed by atoms with van der Waals surface area (Å²) in [5.74, 6) is 0. The highest BCUT2D eigenvalue weighted by Crippen LogP contribution is 1.96. The van der Waals surface area contributed by atoms with Crippen LogP contribution in [0.2, 0.25) is 0 Å². The number of carbonyl (C=O) groups is 1. The fourth-order valence-electron chi connectivity index (χ4n) is 1.11. The molecule has 0 spiro atoms. The number of carboxylic acid groups (broad SMARTS) is 1. The molecule has 1 amide bonds. The molecule has 0 unspecified atom stereocenters. The van der Waals surface area contributed by atoms with Crippen LogP contribution in [0.5, 0.6) is 0 Å². The van der Waals surface area contributed by atoms with Gasteiger partial charge >= 0.3 is 6.09 Å². The van der Waals surface area contributed by atoms with Crippen LogP contribution in [0, 0.1) is 0 Å². The third kappa shape index (κ3) is 4.07. The normalized spacial score (nSPS) is 10.5. The average molecular weight is 190 g/mol. The van der Waals surface area contributed by atoms with E-state index in [2.05, 4.69) is 0 Å². The van der Waals surface area contributed by atoms with E-state index >= 15 is 0 Å². The zero-order chi connectivity index (χ0) is 10.3. The highest BCUT2D eigenvalue weighted by atomic mass is 16.4. The fraction of sp³-hybridized carbons (Fsp3) is 0.857. The second-order valence-corrected chi connectivity index (χ2v) is 2.53. The summed E-state index contributed by atoms with van der Waals surface area (Å²) in [5.41, 5.74) is 10.7. The Bertz CT molecular complexity index is 147. The lowest BCUT2D eigenvalue weighted by Gasteiger charge is -2.31. The molecule has 6 nitrogen and oxygen atoms in total. The van der Waals surface area contributed by atoms with Gasteiger partial charge in [-0.15, -0.1) is 0 Å². The summed E-state index contributed by atoms with van der Waals surface area (Å²) in [6.07, 6.45) is -0.968. The molecule has 0 aliphatic carbocycles. The van der Waals surface area contributed by atoms with Gasteiger partial charge in [0.25, 0.3) is 0 Å². The first-order valence-electron chi connectivity index (χ1n) is 4.32. The summed E-state index contributed by atoms with van der Waals surface area (Å²) in [6.45, 7) is 4.05. The van der Waals surface area contributed by atoms with Gasteiger partial charge in [0, 0.05) is 32.7 Å².